The maximum Gasteiger partial charge on any atom is 0.119 e. The van der Waals surface area contributed by atoms with Crippen LogP contribution in [0, 0.1) is 0 Å². The summed E-state index contributed by atoms with van der Waals surface area (Å²) >= 11 is 0. The third-order valence-electron chi connectivity index (χ3n) is 2.54. The van der Waals surface area contributed by atoms with Gasteiger partial charge in [-0.1, -0.05) is 0 Å². The Kier molecular flexibility index (Phi) is 8.01. The van der Waals surface area contributed by atoms with Crippen LogP contribution in [0.2, 0.25) is 0 Å². The lowest BCUT2D eigenvalue weighted by atomic mass is 10.3. The van der Waals surface area contributed by atoms with Crippen molar-refractivity contribution in [3.05, 3.63) is 24.3 Å². The monoisotopic (exact) mass is 254 g/mol. The number of benzene rings is 1. The molecule has 0 bridgehead atoms. The fourth-order valence-electron chi connectivity index (χ4n) is 1.62. The zero-order chi connectivity index (χ0) is 13.1. The summed E-state index contributed by atoms with van der Waals surface area (Å²) in [6.07, 6.45) is 2.15. The van der Waals surface area contributed by atoms with E-state index in [0.717, 1.165) is 44.0 Å². The number of nitrogens with two attached hydrogens (primary N) is 1. The third-order valence-corrected chi connectivity index (χ3v) is 2.54. The number of aliphatic hydroxyl groups is 1. The SMILES string of the molecule is CCOc1ccc(OCCCC[NH2+]CCO)cc1. The number of hydrogen-bond donors (Lipinski definition) is 2. The Labute approximate surface area is 109 Å². The smallest absolute Gasteiger partial charge is 0.119 e. The summed E-state index contributed by atoms with van der Waals surface area (Å²) in [6, 6.07) is 7.72. The molecule has 0 spiro atoms. The van der Waals surface area contributed by atoms with Gasteiger partial charge in [0, 0.05) is 0 Å². The van der Waals surface area contributed by atoms with Gasteiger partial charge < -0.3 is 19.9 Å². The molecule has 0 radical (unpaired) electrons. The second-order valence-electron chi connectivity index (χ2n) is 4.05. The Hall–Kier alpha value is -1.26. The third kappa shape index (κ3) is 6.47. The normalized spacial score (nSPS) is 10.3. The molecule has 1 rings (SSSR count). The molecular weight excluding hydrogens is 230 g/mol. The Balaban J connectivity index is 2.08. The minimum Gasteiger partial charge on any atom is -0.494 e. The van der Waals surface area contributed by atoms with E-state index in [1.807, 2.05) is 31.2 Å². The maximum absolute atomic E-state index is 8.61. The molecule has 4 heteroatoms. The van der Waals surface area contributed by atoms with E-state index in [1.165, 1.54) is 0 Å². The summed E-state index contributed by atoms with van der Waals surface area (Å²) in [5.41, 5.74) is 0. The lowest BCUT2D eigenvalue weighted by Gasteiger charge is -2.07. The van der Waals surface area contributed by atoms with Gasteiger partial charge in [-0.15, -0.1) is 0 Å². The molecule has 0 heterocycles. The van der Waals surface area contributed by atoms with Crippen LogP contribution in [0.5, 0.6) is 11.5 Å². The van der Waals surface area contributed by atoms with Gasteiger partial charge in [0.2, 0.25) is 0 Å². The molecule has 4 nitrogen and oxygen atoms in total. The van der Waals surface area contributed by atoms with Gasteiger partial charge in [0.05, 0.1) is 32.9 Å². The summed E-state index contributed by atoms with van der Waals surface area (Å²) in [4.78, 5) is 0. The zero-order valence-electron chi connectivity index (χ0n) is 11.1. The van der Waals surface area contributed by atoms with Crippen LogP contribution in [0.25, 0.3) is 0 Å². The van der Waals surface area contributed by atoms with Crippen LogP contribution in [0.1, 0.15) is 19.8 Å². The molecule has 0 unspecified atom stereocenters. The lowest BCUT2D eigenvalue weighted by molar-refractivity contribution is -0.656. The van der Waals surface area contributed by atoms with Crippen LogP contribution in [0.4, 0.5) is 0 Å². The number of rotatable bonds is 10. The van der Waals surface area contributed by atoms with E-state index in [1.54, 1.807) is 0 Å². The van der Waals surface area contributed by atoms with Gasteiger partial charge in [-0.2, -0.15) is 0 Å². The first kappa shape index (κ1) is 14.8. The molecule has 1 aromatic rings. The van der Waals surface area contributed by atoms with Gasteiger partial charge in [-0.05, 0) is 44.0 Å². The maximum atomic E-state index is 8.61. The van der Waals surface area contributed by atoms with Crippen LogP contribution in [0.15, 0.2) is 24.3 Å². The van der Waals surface area contributed by atoms with E-state index in [2.05, 4.69) is 5.32 Å². The number of ether oxygens (including phenoxy) is 2. The van der Waals surface area contributed by atoms with Crippen molar-refractivity contribution in [2.75, 3.05) is 32.9 Å². The largest absolute Gasteiger partial charge is 0.494 e. The van der Waals surface area contributed by atoms with Crippen LogP contribution < -0.4 is 14.8 Å². The van der Waals surface area contributed by atoms with E-state index >= 15 is 0 Å². The van der Waals surface area contributed by atoms with E-state index in [4.69, 9.17) is 14.6 Å². The molecule has 0 aliphatic heterocycles. The molecule has 3 N–H and O–H groups in total. The first-order valence-electron chi connectivity index (χ1n) is 6.65. The highest BCUT2D eigenvalue weighted by Crippen LogP contribution is 2.17. The Morgan fingerprint density at radius 3 is 2.28 bits per heavy atom. The highest BCUT2D eigenvalue weighted by Gasteiger charge is 1.96. The highest BCUT2D eigenvalue weighted by molar-refractivity contribution is 5.31. The molecular formula is C14H24NO3+. The standard InChI is InChI=1S/C14H23NO3/c1-2-17-13-5-7-14(8-6-13)18-12-4-3-9-15-10-11-16/h5-8,15-16H,2-4,9-12H2,1H3/p+1. The van der Waals surface area contributed by atoms with Gasteiger partial charge in [-0.25, -0.2) is 0 Å². The first-order valence-corrected chi connectivity index (χ1v) is 6.65. The number of unbranched alkanes of at least 4 members (excludes halogenated alkanes) is 1. The number of aliphatic hydroxyl groups excluding tert-OH is 1. The highest BCUT2D eigenvalue weighted by atomic mass is 16.5. The average Bonchev–Trinajstić information content (AvgIpc) is 2.40. The fourth-order valence-corrected chi connectivity index (χ4v) is 1.62. The van der Waals surface area contributed by atoms with Crippen LogP contribution in [-0.2, 0) is 0 Å². The molecule has 18 heavy (non-hydrogen) atoms. The molecule has 0 aliphatic rings. The number of quaternary nitrogens is 1. The summed E-state index contributed by atoms with van der Waals surface area (Å²) in [5, 5.41) is 10.7. The van der Waals surface area contributed by atoms with Crippen molar-refractivity contribution in [3.8, 4) is 11.5 Å². The molecule has 0 aromatic heterocycles. The van der Waals surface area contributed by atoms with Gasteiger partial charge in [0.15, 0.2) is 0 Å². The molecule has 1 aromatic carbocycles. The van der Waals surface area contributed by atoms with Crippen molar-refractivity contribution in [3.63, 3.8) is 0 Å². The van der Waals surface area contributed by atoms with Crippen molar-refractivity contribution < 1.29 is 19.9 Å². The van der Waals surface area contributed by atoms with Gasteiger partial charge in [0.25, 0.3) is 0 Å². The van der Waals surface area contributed by atoms with E-state index in [-0.39, 0.29) is 6.61 Å². The Bertz CT molecular complexity index is 300. The van der Waals surface area contributed by atoms with E-state index < -0.39 is 0 Å². The molecule has 0 saturated heterocycles. The Morgan fingerprint density at radius 1 is 1.00 bits per heavy atom. The van der Waals surface area contributed by atoms with Gasteiger partial charge in [-0.3, -0.25) is 0 Å². The predicted molar refractivity (Wildman–Crippen MR) is 71.1 cm³/mol. The molecule has 0 atom stereocenters. The number of hydrogen-bond acceptors (Lipinski definition) is 3. The zero-order valence-corrected chi connectivity index (χ0v) is 11.1. The minimum atomic E-state index is 0.253. The van der Waals surface area contributed by atoms with Crippen LogP contribution in [-0.4, -0.2) is 38.0 Å². The average molecular weight is 254 g/mol. The summed E-state index contributed by atoms with van der Waals surface area (Å²) < 4.78 is 11.0. The molecule has 0 amide bonds. The van der Waals surface area contributed by atoms with Gasteiger partial charge >= 0.3 is 0 Å². The summed E-state index contributed by atoms with van der Waals surface area (Å²) in [5.74, 6) is 1.77. The van der Waals surface area contributed by atoms with Crippen molar-refractivity contribution in [1.82, 2.24) is 0 Å². The topological polar surface area (TPSA) is 55.3 Å². The van der Waals surface area contributed by atoms with Gasteiger partial charge in [0.1, 0.15) is 11.5 Å². The van der Waals surface area contributed by atoms with Crippen LogP contribution in [0.3, 0.4) is 0 Å². The summed E-state index contributed by atoms with van der Waals surface area (Å²) in [6.45, 7) is 5.49. The van der Waals surface area contributed by atoms with Crippen molar-refractivity contribution in [1.29, 1.82) is 0 Å². The lowest BCUT2D eigenvalue weighted by Crippen LogP contribution is -2.85. The van der Waals surface area contributed by atoms with Crippen molar-refractivity contribution >= 4 is 0 Å². The first-order chi connectivity index (χ1) is 8.86. The van der Waals surface area contributed by atoms with Crippen molar-refractivity contribution in [2.45, 2.75) is 19.8 Å². The summed E-state index contributed by atoms with van der Waals surface area (Å²) in [7, 11) is 0. The second-order valence-corrected chi connectivity index (χ2v) is 4.05. The Morgan fingerprint density at radius 2 is 1.67 bits per heavy atom. The van der Waals surface area contributed by atoms with Crippen LogP contribution >= 0.6 is 0 Å². The molecule has 0 saturated carbocycles. The second kappa shape index (κ2) is 9.74. The quantitative estimate of drug-likeness (QED) is 0.607. The predicted octanol–water partition coefficient (Wildman–Crippen LogP) is 0.800. The molecule has 0 fully saturated rings. The fraction of sp³-hybridized carbons (Fsp3) is 0.571. The molecule has 102 valence electrons. The van der Waals surface area contributed by atoms with E-state index in [9.17, 15) is 0 Å². The van der Waals surface area contributed by atoms with Crippen molar-refractivity contribution in [2.24, 2.45) is 0 Å². The molecule has 0 aliphatic carbocycles. The van der Waals surface area contributed by atoms with E-state index in [0.29, 0.717) is 6.61 Å². The minimum absolute atomic E-state index is 0.253.